The third-order valence-electron chi connectivity index (χ3n) is 3.99. The third-order valence-corrected chi connectivity index (χ3v) is 4.43. The van der Waals surface area contributed by atoms with Crippen LogP contribution in [-0.4, -0.2) is 36.1 Å². The van der Waals surface area contributed by atoms with Gasteiger partial charge in [0.15, 0.2) is 0 Å². The van der Waals surface area contributed by atoms with Gasteiger partial charge in [0.05, 0.1) is 16.4 Å². The highest BCUT2D eigenvalue weighted by Crippen LogP contribution is 2.25. The van der Waals surface area contributed by atoms with Crippen LogP contribution in [0.1, 0.15) is 31.2 Å². The maximum Gasteiger partial charge on any atom is 0.0850 e. The van der Waals surface area contributed by atoms with Crippen LogP contribution in [0.2, 0.25) is 5.02 Å². The highest BCUT2D eigenvalue weighted by atomic mass is 35.5. The Morgan fingerprint density at radius 1 is 1.58 bits per heavy atom. The quantitative estimate of drug-likeness (QED) is 0.871. The lowest BCUT2D eigenvalue weighted by atomic mass is 9.96. The summed E-state index contributed by atoms with van der Waals surface area (Å²) in [6.07, 6.45) is 4.12. The lowest BCUT2D eigenvalue weighted by molar-refractivity contribution is 0.181. The van der Waals surface area contributed by atoms with E-state index in [4.69, 9.17) is 16.3 Å². The zero-order valence-corrected chi connectivity index (χ0v) is 12.8. The number of rotatable bonds is 6. The van der Waals surface area contributed by atoms with Crippen LogP contribution in [0.15, 0.2) is 0 Å². The molecule has 19 heavy (non-hydrogen) atoms. The van der Waals surface area contributed by atoms with Gasteiger partial charge < -0.3 is 10.1 Å². The van der Waals surface area contributed by atoms with Gasteiger partial charge in [-0.25, -0.2) is 0 Å². The van der Waals surface area contributed by atoms with Gasteiger partial charge in [-0.3, -0.25) is 4.68 Å². The van der Waals surface area contributed by atoms with Gasteiger partial charge in [-0.2, -0.15) is 5.10 Å². The molecule has 0 spiro atoms. The van der Waals surface area contributed by atoms with E-state index in [1.54, 1.807) is 0 Å². The second kappa shape index (κ2) is 6.73. The number of ether oxygens (including phenoxy) is 1. The van der Waals surface area contributed by atoms with Crippen molar-refractivity contribution in [3.63, 3.8) is 0 Å². The Bertz CT molecular complexity index is 413. The van der Waals surface area contributed by atoms with Gasteiger partial charge in [0, 0.05) is 32.7 Å². The highest BCUT2D eigenvalue weighted by Gasteiger charge is 2.22. The van der Waals surface area contributed by atoms with Crippen LogP contribution >= 0.6 is 11.6 Å². The summed E-state index contributed by atoms with van der Waals surface area (Å²) >= 11 is 6.41. The molecule has 1 aliphatic heterocycles. The Kier molecular flexibility index (Phi) is 5.25. The maximum atomic E-state index is 6.41. The minimum Gasteiger partial charge on any atom is -0.381 e. The van der Waals surface area contributed by atoms with E-state index in [0.717, 1.165) is 48.9 Å². The van der Waals surface area contributed by atoms with Gasteiger partial charge in [0.2, 0.25) is 0 Å². The Morgan fingerprint density at radius 3 is 2.89 bits per heavy atom. The minimum absolute atomic E-state index is 0.435. The van der Waals surface area contributed by atoms with Crippen molar-refractivity contribution in [3.8, 4) is 0 Å². The van der Waals surface area contributed by atoms with Crippen molar-refractivity contribution in [1.82, 2.24) is 15.1 Å². The highest BCUT2D eigenvalue weighted by molar-refractivity contribution is 6.31. The summed E-state index contributed by atoms with van der Waals surface area (Å²) in [6, 6.07) is 0.435. The van der Waals surface area contributed by atoms with Gasteiger partial charge in [0.1, 0.15) is 0 Å². The summed E-state index contributed by atoms with van der Waals surface area (Å²) in [5.41, 5.74) is 2.13. The second-order valence-corrected chi connectivity index (χ2v) is 5.72. The molecule has 1 aromatic rings. The molecule has 1 aliphatic rings. The molecular formula is C14H24ClN3O. The molecule has 0 aromatic carbocycles. The van der Waals surface area contributed by atoms with E-state index in [2.05, 4.69) is 17.3 Å². The first-order valence-electron chi connectivity index (χ1n) is 7.10. The van der Waals surface area contributed by atoms with Gasteiger partial charge >= 0.3 is 0 Å². The van der Waals surface area contributed by atoms with Crippen LogP contribution in [0.5, 0.6) is 0 Å². The van der Waals surface area contributed by atoms with Crippen LogP contribution in [0.3, 0.4) is 0 Å². The number of nitrogens with zero attached hydrogens (tertiary/aromatic N) is 2. The van der Waals surface area contributed by atoms with Crippen molar-refractivity contribution in [2.24, 2.45) is 13.0 Å². The lowest BCUT2D eigenvalue weighted by Crippen LogP contribution is -2.31. The predicted octanol–water partition coefficient (Wildman–Crippen LogP) is 2.19. The van der Waals surface area contributed by atoms with Crippen molar-refractivity contribution in [1.29, 1.82) is 0 Å². The molecule has 1 aromatic heterocycles. The maximum absolute atomic E-state index is 6.41. The molecule has 1 saturated heterocycles. The van der Waals surface area contributed by atoms with Crippen LogP contribution in [0, 0.1) is 5.92 Å². The summed E-state index contributed by atoms with van der Waals surface area (Å²) < 4.78 is 7.38. The van der Waals surface area contributed by atoms with Crippen molar-refractivity contribution in [2.45, 2.75) is 38.6 Å². The largest absolute Gasteiger partial charge is 0.381 e. The van der Waals surface area contributed by atoms with Crippen LogP contribution in [0.4, 0.5) is 0 Å². The average Bonchev–Trinajstić information content (AvgIpc) is 3.00. The smallest absolute Gasteiger partial charge is 0.0850 e. The van der Waals surface area contributed by atoms with Gasteiger partial charge in [-0.1, -0.05) is 18.5 Å². The molecule has 4 nitrogen and oxygen atoms in total. The van der Waals surface area contributed by atoms with E-state index >= 15 is 0 Å². The molecule has 2 atom stereocenters. The standard InChI is InChI=1S/C14H24ClN3O/c1-4-12-14(15)13(18(3)17-12)8-11(16-2)7-10-5-6-19-9-10/h10-11,16H,4-9H2,1-3H3. The number of halogens is 1. The predicted molar refractivity (Wildman–Crippen MR) is 77.7 cm³/mol. The fourth-order valence-corrected chi connectivity index (χ4v) is 3.12. The molecule has 0 radical (unpaired) electrons. The molecule has 5 heteroatoms. The van der Waals surface area contributed by atoms with Crippen molar-refractivity contribution < 1.29 is 4.74 Å². The first kappa shape index (κ1) is 14.8. The molecule has 1 fully saturated rings. The van der Waals surface area contributed by atoms with E-state index in [9.17, 15) is 0 Å². The average molecular weight is 286 g/mol. The number of hydrogen-bond donors (Lipinski definition) is 1. The molecule has 2 unspecified atom stereocenters. The second-order valence-electron chi connectivity index (χ2n) is 5.34. The molecule has 2 rings (SSSR count). The number of aromatic nitrogens is 2. The van der Waals surface area contributed by atoms with E-state index in [1.807, 2.05) is 18.8 Å². The van der Waals surface area contributed by atoms with E-state index in [-0.39, 0.29) is 0 Å². The fourth-order valence-electron chi connectivity index (χ4n) is 2.75. The van der Waals surface area contributed by atoms with Crippen LogP contribution < -0.4 is 5.32 Å². The van der Waals surface area contributed by atoms with Gasteiger partial charge in [0.25, 0.3) is 0 Å². The Balaban J connectivity index is 2.02. The summed E-state index contributed by atoms with van der Waals surface area (Å²) in [7, 11) is 4.00. The van der Waals surface area contributed by atoms with E-state index in [0.29, 0.717) is 12.0 Å². The fraction of sp³-hybridized carbons (Fsp3) is 0.786. The van der Waals surface area contributed by atoms with Crippen molar-refractivity contribution in [2.75, 3.05) is 20.3 Å². The molecule has 0 bridgehead atoms. The number of hydrogen-bond acceptors (Lipinski definition) is 3. The molecule has 1 N–H and O–H groups in total. The molecule has 0 amide bonds. The molecule has 2 heterocycles. The van der Waals surface area contributed by atoms with Crippen LogP contribution in [-0.2, 0) is 24.6 Å². The first-order valence-corrected chi connectivity index (χ1v) is 7.48. The van der Waals surface area contributed by atoms with Crippen molar-refractivity contribution >= 4 is 11.6 Å². The summed E-state index contributed by atoms with van der Waals surface area (Å²) in [5, 5.41) is 8.72. The third kappa shape index (κ3) is 3.50. The number of aryl methyl sites for hydroxylation is 2. The zero-order valence-electron chi connectivity index (χ0n) is 12.1. The Hall–Kier alpha value is -0.580. The summed E-state index contributed by atoms with van der Waals surface area (Å²) in [5.74, 6) is 0.676. The van der Waals surface area contributed by atoms with Gasteiger partial charge in [-0.15, -0.1) is 0 Å². The molecular weight excluding hydrogens is 262 g/mol. The number of likely N-dealkylation sites (N-methyl/N-ethyl adjacent to an activating group) is 1. The zero-order chi connectivity index (χ0) is 13.8. The lowest BCUT2D eigenvalue weighted by Gasteiger charge is -2.19. The van der Waals surface area contributed by atoms with E-state index in [1.165, 1.54) is 6.42 Å². The molecule has 0 saturated carbocycles. The SMILES string of the molecule is CCc1nn(C)c(CC(CC2CCOC2)NC)c1Cl. The summed E-state index contributed by atoms with van der Waals surface area (Å²) in [4.78, 5) is 0. The van der Waals surface area contributed by atoms with Crippen molar-refractivity contribution in [3.05, 3.63) is 16.4 Å². The van der Waals surface area contributed by atoms with E-state index < -0.39 is 0 Å². The monoisotopic (exact) mass is 285 g/mol. The van der Waals surface area contributed by atoms with Crippen LogP contribution in [0.25, 0.3) is 0 Å². The summed E-state index contributed by atoms with van der Waals surface area (Å²) in [6.45, 7) is 3.90. The van der Waals surface area contributed by atoms with Gasteiger partial charge in [-0.05, 0) is 32.2 Å². The topological polar surface area (TPSA) is 39.1 Å². The normalized spacial score (nSPS) is 20.9. The molecule has 0 aliphatic carbocycles. The first-order chi connectivity index (χ1) is 9.15. The Labute approximate surface area is 120 Å². The Morgan fingerprint density at radius 2 is 2.37 bits per heavy atom. The molecule has 108 valence electrons. The number of nitrogens with one attached hydrogen (secondary N) is 1. The minimum atomic E-state index is 0.435.